The van der Waals surface area contributed by atoms with E-state index in [1.807, 2.05) is 13.0 Å². The summed E-state index contributed by atoms with van der Waals surface area (Å²) >= 11 is 0. The summed E-state index contributed by atoms with van der Waals surface area (Å²) < 4.78 is 1.72. The van der Waals surface area contributed by atoms with Gasteiger partial charge in [0.05, 0.1) is 4.92 Å². The van der Waals surface area contributed by atoms with Crippen molar-refractivity contribution in [1.29, 1.82) is 0 Å². The van der Waals surface area contributed by atoms with E-state index in [9.17, 15) is 14.9 Å². The minimum atomic E-state index is -0.432. The van der Waals surface area contributed by atoms with E-state index in [-0.39, 0.29) is 11.2 Å². The topological polar surface area (TPSA) is 65.1 Å². The zero-order valence-electron chi connectivity index (χ0n) is 13.8. The minimum Gasteiger partial charge on any atom is -0.281 e. The molecule has 5 heteroatoms. The molecule has 1 heterocycles. The number of nitro benzene ring substituents is 1. The average molecular weight is 314 g/mol. The van der Waals surface area contributed by atoms with Crippen LogP contribution in [0.2, 0.25) is 0 Å². The Morgan fingerprint density at radius 1 is 1.09 bits per heavy atom. The fourth-order valence-corrected chi connectivity index (χ4v) is 2.84. The lowest BCUT2D eigenvalue weighted by molar-refractivity contribution is -0.384. The minimum absolute atomic E-state index is 0.0280. The highest BCUT2D eigenvalue weighted by Gasteiger charge is 2.14. The summed E-state index contributed by atoms with van der Waals surface area (Å²) in [5, 5.41) is 10.8. The van der Waals surface area contributed by atoms with Crippen molar-refractivity contribution in [2.45, 2.75) is 46.5 Å². The lowest BCUT2D eigenvalue weighted by Gasteiger charge is -2.18. The van der Waals surface area contributed by atoms with Crippen LogP contribution in [-0.4, -0.2) is 9.49 Å². The maximum absolute atomic E-state index is 12.7. The van der Waals surface area contributed by atoms with Crippen molar-refractivity contribution >= 4 is 5.69 Å². The Bertz CT molecular complexity index is 761. The summed E-state index contributed by atoms with van der Waals surface area (Å²) in [5.41, 5.74) is 3.56. The summed E-state index contributed by atoms with van der Waals surface area (Å²) in [4.78, 5) is 23.1. The predicted octanol–water partition coefficient (Wildman–Crippen LogP) is 3.96. The molecule has 5 nitrogen and oxygen atoms in total. The Morgan fingerprint density at radius 2 is 1.70 bits per heavy atom. The van der Waals surface area contributed by atoms with Gasteiger partial charge >= 0.3 is 0 Å². The number of rotatable bonds is 6. The molecule has 2 rings (SSSR count). The molecule has 0 saturated heterocycles. The highest BCUT2D eigenvalue weighted by atomic mass is 16.6. The van der Waals surface area contributed by atoms with E-state index in [1.54, 1.807) is 16.7 Å². The van der Waals surface area contributed by atoms with Crippen molar-refractivity contribution in [3.8, 4) is 5.69 Å². The number of aromatic nitrogens is 1. The summed E-state index contributed by atoms with van der Waals surface area (Å²) in [7, 11) is 0. The van der Waals surface area contributed by atoms with Gasteiger partial charge in [-0.1, -0.05) is 26.7 Å². The number of hydrogen-bond donors (Lipinski definition) is 0. The van der Waals surface area contributed by atoms with Crippen LogP contribution in [0.4, 0.5) is 5.69 Å². The molecule has 122 valence electrons. The predicted molar refractivity (Wildman–Crippen MR) is 91.4 cm³/mol. The molecule has 0 radical (unpaired) electrons. The molecule has 0 aliphatic heterocycles. The van der Waals surface area contributed by atoms with E-state index in [0.29, 0.717) is 11.3 Å². The van der Waals surface area contributed by atoms with Crippen molar-refractivity contribution in [2.75, 3.05) is 0 Å². The fraction of sp³-hybridized carbons (Fsp3) is 0.389. The number of pyridine rings is 1. The highest BCUT2D eigenvalue weighted by Crippen LogP contribution is 2.20. The number of benzene rings is 1. The van der Waals surface area contributed by atoms with Gasteiger partial charge in [-0.15, -0.1) is 0 Å². The second kappa shape index (κ2) is 7.22. The molecule has 0 bridgehead atoms. The maximum Gasteiger partial charge on any atom is 0.269 e. The molecule has 1 aromatic heterocycles. The van der Waals surface area contributed by atoms with Gasteiger partial charge in [0, 0.05) is 29.1 Å². The Kier molecular flexibility index (Phi) is 5.32. The Morgan fingerprint density at radius 3 is 2.22 bits per heavy atom. The van der Waals surface area contributed by atoms with Crippen molar-refractivity contribution in [1.82, 2.24) is 4.57 Å². The van der Waals surface area contributed by atoms with E-state index >= 15 is 0 Å². The third-order valence-electron chi connectivity index (χ3n) is 3.90. The van der Waals surface area contributed by atoms with Crippen LogP contribution in [-0.2, 0) is 12.8 Å². The normalized spacial score (nSPS) is 10.7. The van der Waals surface area contributed by atoms with Gasteiger partial charge in [0.15, 0.2) is 0 Å². The number of aryl methyl sites for hydroxylation is 2. The van der Waals surface area contributed by atoms with Gasteiger partial charge in [-0.05, 0) is 43.5 Å². The highest BCUT2D eigenvalue weighted by molar-refractivity contribution is 5.44. The van der Waals surface area contributed by atoms with Crippen LogP contribution in [0.25, 0.3) is 5.69 Å². The van der Waals surface area contributed by atoms with Gasteiger partial charge in [0.25, 0.3) is 11.2 Å². The molecule has 0 aliphatic carbocycles. The SMILES string of the molecule is CCCc1cc(C)c(=O)n(-c2ccc([N+](=O)[O-])cc2)c1CCC. The molecule has 0 unspecified atom stereocenters. The fourth-order valence-electron chi connectivity index (χ4n) is 2.84. The Balaban J connectivity index is 2.67. The van der Waals surface area contributed by atoms with E-state index in [4.69, 9.17) is 0 Å². The third-order valence-corrected chi connectivity index (χ3v) is 3.90. The molecule has 0 N–H and O–H groups in total. The van der Waals surface area contributed by atoms with Gasteiger partial charge in [0.2, 0.25) is 0 Å². The third kappa shape index (κ3) is 3.50. The summed E-state index contributed by atoms with van der Waals surface area (Å²) in [6.45, 7) is 6.02. The number of hydrogen-bond acceptors (Lipinski definition) is 3. The zero-order valence-corrected chi connectivity index (χ0v) is 13.8. The van der Waals surface area contributed by atoms with E-state index in [0.717, 1.165) is 31.4 Å². The molecule has 0 spiro atoms. The molecule has 0 saturated carbocycles. The average Bonchev–Trinajstić information content (AvgIpc) is 2.53. The van der Waals surface area contributed by atoms with Gasteiger partial charge in [-0.25, -0.2) is 0 Å². The van der Waals surface area contributed by atoms with Crippen LogP contribution in [0.15, 0.2) is 35.1 Å². The first kappa shape index (κ1) is 16.9. The van der Waals surface area contributed by atoms with Crippen molar-refractivity contribution in [2.24, 2.45) is 0 Å². The van der Waals surface area contributed by atoms with Gasteiger partial charge < -0.3 is 0 Å². The lowest BCUT2D eigenvalue weighted by atomic mass is 10.0. The largest absolute Gasteiger partial charge is 0.281 e. The summed E-state index contributed by atoms with van der Waals surface area (Å²) in [5.74, 6) is 0. The summed E-state index contributed by atoms with van der Waals surface area (Å²) in [6.07, 6.45) is 3.67. The molecule has 0 amide bonds. The van der Waals surface area contributed by atoms with Crippen LogP contribution < -0.4 is 5.56 Å². The van der Waals surface area contributed by atoms with E-state index in [2.05, 4.69) is 13.8 Å². The Hall–Kier alpha value is -2.43. The van der Waals surface area contributed by atoms with Crippen molar-refractivity contribution in [3.63, 3.8) is 0 Å². The molecule has 2 aromatic rings. The van der Waals surface area contributed by atoms with Crippen molar-refractivity contribution in [3.05, 3.63) is 67.6 Å². The van der Waals surface area contributed by atoms with Crippen LogP contribution >= 0.6 is 0 Å². The molecule has 0 aliphatic rings. The maximum atomic E-state index is 12.7. The zero-order chi connectivity index (χ0) is 17.0. The van der Waals surface area contributed by atoms with Gasteiger partial charge in [-0.2, -0.15) is 0 Å². The van der Waals surface area contributed by atoms with E-state index in [1.165, 1.54) is 17.7 Å². The van der Waals surface area contributed by atoms with Crippen LogP contribution in [0.3, 0.4) is 0 Å². The summed E-state index contributed by atoms with van der Waals surface area (Å²) in [6, 6.07) is 8.17. The molecule has 0 atom stereocenters. The lowest BCUT2D eigenvalue weighted by Crippen LogP contribution is -2.25. The molecule has 23 heavy (non-hydrogen) atoms. The quantitative estimate of drug-likeness (QED) is 0.599. The first-order chi connectivity index (χ1) is 11.0. The van der Waals surface area contributed by atoms with Gasteiger partial charge in [-0.3, -0.25) is 19.5 Å². The molecule has 1 aromatic carbocycles. The second-order valence-corrected chi connectivity index (χ2v) is 5.71. The monoisotopic (exact) mass is 314 g/mol. The van der Waals surface area contributed by atoms with E-state index < -0.39 is 4.92 Å². The Labute approximate surface area is 135 Å². The molecule has 0 fully saturated rings. The van der Waals surface area contributed by atoms with Crippen LogP contribution in [0.1, 0.15) is 43.5 Å². The number of non-ortho nitro benzene ring substituents is 1. The second-order valence-electron chi connectivity index (χ2n) is 5.71. The number of nitrogens with zero attached hydrogens (tertiary/aromatic N) is 2. The molecular weight excluding hydrogens is 292 g/mol. The smallest absolute Gasteiger partial charge is 0.269 e. The van der Waals surface area contributed by atoms with Crippen molar-refractivity contribution < 1.29 is 4.92 Å². The van der Waals surface area contributed by atoms with Crippen LogP contribution in [0.5, 0.6) is 0 Å². The standard InChI is InChI=1S/C18H22N2O3/c1-4-6-14-12-13(3)18(21)19(17(14)7-5-2)15-8-10-16(11-9-15)20(22)23/h8-12H,4-7H2,1-3H3. The van der Waals surface area contributed by atoms with Crippen LogP contribution in [0, 0.1) is 17.0 Å². The van der Waals surface area contributed by atoms with Gasteiger partial charge in [0.1, 0.15) is 0 Å². The molecular formula is C18H22N2O3. The first-order valence-corrected chi connectivity index (χ1v) is 7.98. The number of nitro groups is 1. The first-order valence-electron chi connectivity index (χ1n) is 7.98.